The van der Waals surface area contributed by atoms with Crippen molar-refractivity contribution < 1.29 is 23.8 Å². The van der Waals surface area contributed by atoms with E-state index in [1.165, 1.54) is 19.2 Å². The number of fused-ring (bicyclic) bond motifs is 1. The zero-order valence-electron chi connectivity index (χ0n) is 16.9. The molecule has 2 aromatic rings. The summed E-state index contributed by atoms with van der Waals surface area (Å²) in [4.78, 5) is 31.7. The number of H-pyrrole nitrogens is 1. The lowest BCUT2D eigenvalue weighted by atomic mass is 9.94. The number of nitrogens with one attached hydrogen (secondary N) is 2. The zero-order valence-corrected chi connectivity index (χ0v) is 16.9. The molecule has 0 spiro atoms. The third-order valence-electron chi connectivity index (χ3n) is 5.84. The second-order valence-corrected chi connectivity index (χ2v) is 8.14. The first-order valence-corrected chi connectivity index (χ1v) is 10.3. The predicted octanol–water partition coefficient (Wildman–Crippen LogP) is 2.43. The molecule has 1 aromatic carbocycles. The van der Waals surface area contributed by atoms with Gasteiger partial charge in [-0.1, -0.05) is 0 Å². The van der Waals surface area contributed by atoms with Gasteiger partial charge in [0.2, 0.25) is 0 Å². The fourth-order valence-electron chi connectivity index (χ4n) is 4.29. The van der Waals surface area contributed by atoms with Gasteiger partial charge in [-0.3, -0.25) is 0 Å². The highest BCUT2D eigenvalue weighted by Crippen LogP contribution is 2.33. The van der Waals surface area contributed by atoms with Crippen molar-refractivity contribution in [3.05, 3.63) is 35.8 Å². The van der Waals surface area contributed by atoms with Crippen LogP contribution in [0.4, 0.5) is 14.0 Å². The molecule has 1 aromatic heterocycles. The maximum Gasteiger partial charge on any atom is 0.409 e. The number of aliphatic hydroxyl groups excluding tert-OH is 1. The van der Waals surface area contributed by atoms with Crippen LogP contribution >= 0.6 is 0 Å². The van der Waals surface area contributed by atoms with E-state index >= 15 is 0 Å². The Kier molecular flexibility index (Phi) is 5.80. The lowest BCUT2D eigenvalue weighted by molar-refractivity contribution is 0.0464. The molecular weight excluding hydrogens is 391 g/mol. The number of urea groups is 1. The summed E-state index contributed by atoms with van der Waals surface area (Å²) in [7, 11) is 1.33. The molecule has 2 heterocycles. The van der Waals surface area contributed by atoms with E-state index in [2.05, 4.69) is 10.3 Å². The van der Waals surface area contributed by atoms with Crippen LogP contribution in [0.2, 0.25) is 0 Å². The Hall–Kier alpha value is -2.81. The van der Waals surface area contributed by atoms with Crippen molar-refractivity contribution in [2.24, 2.45) is 5.92 Å². The molecule has 30 heavy (non-hydrogen) atoms. The normalized spacial score (nSPS) is 21.5. The number of rotatable bonds is 5. The summed E-state index contributed by atoms with van der Waals surface area (Å²) in [5.41, 5.74) is 1.60. The third-order valence-corrected chi connectivity index (χ3v) is 5.84. The minimum atomic E-state index is -0.445. The number of carbonyl (C=O) groups is 2. The summed E-state index contributed by atoms with van der Waals surface area (Å²) < 4.78 is 18.2. The van der Waals surface area contributed by atoms with Crippen LogP contribution in [0.3, 0.4) is 0 Å². The molecular formula is C21H27FN4O4. The van der Waals surface area contributed by atoms with E-state index in [1.54, 1.807) is 11.0 Å². The second kappa shape index (κ2) is 8.51. The van der Waals surface area contributed by atoms with E-state index in [0.29, 0.717) is 19.5 Å². The molecule has 1 saturated heterocycles. The largest absolute Gasteiger partial charge is 0.453 e. The Balaban J connectivity index is 1.45. The summed E-state index contributed by atoms with van der Waals surface area (Å²) in [5.74, 6) is -0.400. The molecule has 3 N–H and O–H groups in total. The highest BCUT2D eigenvalue weighted by Gasteiger charge is 2.42. The molecule has 1 saturated carbocycles. The number of hydrogen-bond acceptors (Lipinski definition) is 4. The number of halogens is 1. The summed E-state index contributed by atoms with van der Waals surface area (Å²) in [6.07, 6.45) is 2.05. The van der Waals surface area contributed by atoms with Gasteiger partial charge in [-0.2, -0.15) is 0 Å². The number of benzene rings is 1. The van der Waals surface area contributed by atoms with E-state index in [4.69, 9.17) is 4.74 Å². The van der Waals surface area contributed by atoms with Crippen molar-refractivity contribution in [3.63, 3.8) is 0 Å². The third kappa shape index (κ3) is 4.35. The monoisotopic (exact) mass is 418 g/mol. The summed E-state index contributed by atoms with van der Waals surface area (Å²) in [6, 6.07) is 6.10. The molecule has 2 unspecified atom stereocenters. The summed E-state index contributed by atoms with van der Waals surface area (Å²) in [6.45, 7) is 1.05. The van der Waals surface area contributed by atoms with Crippen LogP contribution in [0.15, 0.2) is 24.3 Å². The van der Waals surface area contributed by atoms with Crippen LogP contribution in [0.1, 0.15) is 25.0 Å². The molecule has 8 nitrogen and oxygen atoms in total. The number of piperidine rings is 1. The van der Waals surface area contributed by atoms with Gasteiger partial charge in [0.1, 0.15) is 5.82 Å². The van der Waals surface area contributed by atoms with Crippen LogP contribution in [-0.2, 0) is 11.3 Å². The number of aromatic nitrogens is 1. The van der Waals surface area contributed by atoms with Crippen LogP contribution in [0, 0.1) is 11.7 Å². The number of carbonyl (C=O) groups excluding carboxylic acids is 2. The van der Waals surface area contributed by atoms with Crippen molar-refractivity contribution in [2.75, 3.05) is 26.8 Å². The number of amides is 3. The molecule has 0 radical (unpaired) electrons. The fraction of sp³-hybridized carbons (Fsp3) is 0.524. The first-order valence-electron chi connectivity index (χ1n) is 10.3. The number of nitrogens with zero attached hydrogens (tertiary/aromatic N) is 2. The molecule has 2 aliphatic rings. The minimum absolute atomic E-state index is 0.0459. The topological polar surface area (TPSA) is 97.9 Å². The van der Waals surface area contributed by atoms with Crippen LogP contribution in [0.25, 0.3) is 10.9 Å². The average Bonchev–Trinajstić information content (AvgIpc) is 3.49. The van der Waals surface area contributed by atoms with Gasteiger partial charge in [0.05, 0.1) is 19.7 Å². The Labute approximate surface area is 174 Å². The van der Waals surface area contributed by atoms with Crippen molar-refractivity contribution in [2.45, 2.75) is 37.9 Å². The second-order valence-electron chi connectivity index (χ2n) is 8.14. The quantitative estimate of drug-likeness (QED) is 0.695. The maximum absolute atomic E-state index is 13.4. The molecule has 2 fully saturated rings. The van der Waals surface area contributed by atoms with Gasteiger partial charge in [-0.05, 0) is 43.5 Å². The van der Waals surface area contributed by atoms with Gasteiger partial charge in [0, 0.05) is 48.3 Å². The number of aliphatic hydroxyl groups is 1. The van der Waals surface area contributed by atoms with Crippen molar-refractivity contribution in [3.8, 4) is 0 Å². The Bertz CT molecular complexity index is 929. The molecule has 4 rings (SSSR count). The van der Waals surface area contributed by atoms with E-state index in [0.717, 1.165) is 29.4 Å². The maximum atomic E-state index is 13.4. The molecule has 2 atom stereocenters. The van der Waals surface area contributed by atoms with E-state index in [-0.39, 0.29) is 43.0 Å². The highest BCUT2D eigenvalue weighted by molar-refractivity contribution is 5.81. The van der Waals surface area contributed by atoms with Crippen molar-refractivity contribution >= 4 is 23.0 Å². The average molecular weight is 418 g/mol. The van der Waals surface area contributed by atoms with Gasteiger partial charge < -0.3 is 29.9 Å². The van der Waals surface area contributed by atoms with Crippen molar-refractivity contribution in [1.82, 2.24) is 20.1 Å². The van der Waals surface area contributed by atoms with E-state index in [9.17, 15) is 19.1 Å². The number of aromatic amines is 1. The lowest BCUT2D eigenvalue weighted by Gasteiger charge is -2.41. The van der Waals surface area contributed by atoms with Gasteiger partial charge in [-0.25, -0.2) is 14.0 Å². The Morgan fingerprint density at radius 2 is 2.10 bits per heavy atom. The molecule has 3 amide bonds. The zero-order chi connectivity index (χ0) is 21.3. The van der Waals surface area contributed by atoms with Crippen molar-refractivity contribution in [1.29, 1.82) is 0 Å². The Morgan fingerprint density at radius 1 is 1.30 bits per heavy atom. The van der Waals surface area contributed by atoms with Gasteiger partial charge >= 0.3 is 12.1 Å². The van der Waals surface area contributed by atoms with Crippen LogP contribution in [-0.4, -0.2) is 70.9 Å². The molecule has 9 heteroatoms. The molecule has 1 aliphatic carbocycles. The Morgan fingerprint density at radius 3 is 2.80 bits per heavy atom. The number of likely N-dealkylation sites (tertiary alicyclic amines) is 1. The van der Waals surface area contributed by atoms with Gasteiger partial charge in [-0.15, -0.1) is 0 Å². The molecule has 162 valence electrons. The lowest BCUT2D eigenvalue weighted by Crippen LogP contribution is -2.57. The van der Waals surface area contributed by atoms with Gasteiger partial charge in [0.15, 0.2) is 0 Å². The summed E-state index contributed by atoms with van der Waals surface area (Å²) >= 11 is 0. The number of hydrogen-bond donors (Lipinski definition) is 3. The fourth-order valence-corrected chi connectivity index (χ4v) is 4.29. The smallest absolute Gasteiger partial charge is 0.409 e. The minimum Gasteiger partial charge on any atom is -0.453 e. The number of methoxy groups -OCH3 is 1. The molecule has 1 aliphatic heterocycles. The van der Waals surface area contributed by atoms with Crippen LogP contribution in [0.5, 0.6) is 0 Å². The predicted molar refractivity (Wildman–Crippen MR) is 108 cm³/mol. The van der Waals surface area contributed by atoms with Gasteiger partial charge in [0.25, 0.3) is 0 Å². The number of ether oxygens (including phenoxy) is 1. The van der Waals surface area contributed by atoms with E-state index in [1.807, 2.05) is 11.0 Å². The first-order chi connectivity index (χ1) is 14.5. The van der Waals surface area contributed by atoms with Crippen LogP contribution < -0.4 is 5.32 Å². The summed E-state index contributed by atoms with van der Waals surface area (Å²) in [5, 5.41) is 13.4. The van der Waals surface area contributed by atoms with E-state index < -0.39 is 6.09 Å². The standard InChI is InChI=1S/C21H27FN4O4/c1-30-21(29)25-10-13(12-27)6-18(11-25)26(17-3-4-17)20(28)23-9-16-8-14-7-15(22)2-5-19(14)24-16/h2,5,7-8,13,17-18,24,27H,3-4,6,9-12H2,1H3,(H,23,28). The first kappa shape index (κ1) is 20.5. The highest BCUT2D eigenvalue weighted by atomic mass is 19.1. The SMILES string of the molecule is COC(=O)N1CC(CO)CC(N(C(=O)NCc2cc3cc(F)ccc3[nH]2)C2CC2)C1. The molecule has 0 bridgehead atoms.